The number of hydrogen-bond donors (Lipinski definition) is 1. The smallest absolute Gasteiger partial charge is 0.173 e. The van der Waals surface area contributed by atoms with Gasteiger partial charge in [0.2, 0.25) is 0 Å². The summed E-state index contributed by atoms with van der Waals surface area (Å²) in [5.41, 5.74) is 0.832. The predicted molar refractivity (Wildman–Crippen MR) is 136 cm³/mol. The summed E-state index contributed by atoms with van der Waals surface area (Å²) in [6.07, 6.45) is -0.173. The third-order valence-electron chi connectivity index (χ3n) is 6.75. The first-order chi connectivity index (χ1) is 19.3. The Kier molecular flexibility index (Phi) is 9.16. The molecule has 0 saturated heterocycles. The number of ether oxygens (including phenoxy) is 3. The third kappa shape index (κ3) is 6.78. The van der Waals surface area contributed by atoms with Gasteiger partial charge in [-0.15, -0.1) is 0 Å². The van der Waals surface area contributed by atoms with E-state index >= 15 is 0 Å². The Bertz CT molecular complexity index is 1450. The van der Waals surface area contributed by atoms with Gasteiger partial charge >= 0.3 is 0 Å². The molecule has 4 atom stereocenters. The molecule has 0 saturated carbocycles. The molecule has 0 fully saturated rings. The summed E-state index contributed by atoms with van der Waals surface area (Å²) in [6.45, 7) is 6.32. The van der Waals surface area contributed by atoms with Crippen LogP contribution in [0.2, 0.25) is 0 Å². The number of rotatable bonds is 0. The largest absolute Gasteiger partial charge is 0.490 e. The summed E-state index contributed by atoms with van der Waals surface area (Å²) in [6, 6.07) is 5.78. The standard InChI is InChI=1S/C10H10F2O2.C10H8F2O2.C10H10F2O/c2*1-5-4-14-10-7(9(5)13)2-6(11)3-8(10)12;1-6-2-7-3-8(11)4-9(12)10(7)13-5-6/h2-3,5,9,13H,4H2,1H3;2-3,5H,4H2,1H3;3-4,6H,2,5H2,1H3/t5-,9?;5-;6-/m001/s1. The van der Waals surface area contributed by atoms with Crippen LogP contribution in [0, 0.1) is 52.7 Å². The summed E-state index contributed by atoms with van der Waals surface area (Å²) in [7, 11) is 0. The molecule has 0 radical (unpaired) electrons. The van der Waals surface area contributed by atoms with Gasteiger partial charge in [-0.25, -0.2) is 26.3 Å². The minimum Gasteiger partial charge on any atom is -0.490 e. The highest BCUT2D eigenvalue weighted by atomic mass is 19.2. The van der Waals surface area contributed by atoms with E-state index in [0.29, 0.717) is 30.6 Å². The SMILES string of the molecule is C[C@H]1COc2c(F)cc(F)cc2C1.C[C@H]1COc2c(F)cc(F)cc2C1=O.C[C@H]1COc2c(F)cc(F)cc2C1O. The molecular formula is C30H28F6O5. The lowest BCUT2D eigenvalue weighted by Gasteiger charge is -2.27. The van der Waals surface area contributed by atoms with E-state index in [0.717, 1.165) is 24.3 Å². The molecule has 0 amide bonds. The van der Waals surface area contributed by atoms with Crippen molar-refractivity contribution >= 4 is 5.78 Å². The van der Waals surface area contributed by atoms with E-state index in [4.69, 9.17) is 14.2 Å². The van der Waals surface area contributed by atoms with Crippen LogP contribution in [0.4, 0.5) is 26.3 Å². The number of benzene rings is 3. The Morgan fingerprint density at radius 1 is 0.683 bits per heavy atom. The van der Waals surface area contributed by atoms with Crippen molar-refractivity contribution in [1.29, 1.82) is 0 Å². The Balaban J connectivity index is 0.000000142. The second kappa shape index (κ2) is 12.4. The molecule has 3 aliphatic rings. The van der Waals surface area contributed by atoms with Crippen LogP contribution in [0.1, 0.15) is 48.4 Å². The van der Waals surface area contributed by atoms with Crippen molar-refractivity contribution in [2.45, 2.75) is 33.3 Å². The highest BCUT2D eigenvalue weighted by Gasteiger charge is 2.30. The molecule has 0 aromatic heterocycles. The van der Waals surface area contributed by atoms with Crippen molar-refractivity contribution < 1.29 is 50.5 Å². The molecule has 0 bridgehead atoms. The van der Waals surface area contributed by atoms with Gasteiger partial charge in [0.1, 0.15) is 17.5 Å². The van der Waals surface area contributed by atoms with Crippen molar-refractivity contribution in [1.82, 2.24) is 0 Å². The van der Waals surface area contributed by atoms with Crippen LogP contribution < -0.4 is 14.2 Å². The van der Waals surface area contributed by atoms with E-state index in [1.165, 1.54) is 6.07 Å². The van der Waals surface area contributed by atoms with Crippen LogP contribution in [0.25, 0.3) is 0 Å². The maximum atomic E-state index is 13.2. The normalized spacial score (nSPS) is 22.1. The number of Topliss-reactive ketones (excluding diaryl/α,β-unsaturated/α-hetero) is 1. The molecule has 41 heavy (non-hydrogen) atoms. The highest BCUT2D eigenvalue weighted by molar-refractivity contribution is 6.01. The molecule has 3 aromatic carbocycles. The average Bonchev–Trinajstić information content (AvgIpc) is 2.89. The molecule has 1 unspecified atom stereocenters. The second-order valence-electron chi connectivity index (χ2n) is 10.4. The predicted octanol–water partition coefficient (Wildman–Crippen LogP) is 6.74. The molecule has 3 aliphatic heterocycles. The van der Waals surface area contributed by atoms with E-state index in [-0.39, 0.29) is 59.2 Å². The Morgan fingerprint density at radius 2 is 1.22 bits per heavy atom. The zero-order chi connectivity index (χ0) is 30.0. The number of carbonyl (C=O) groups excluding carboxylic acids is 1. The molecule has 5 nitrogen and oxygen atoms in total. The van der Waals surface area contributed by atoms with Crippen LogP contribution in [0.15, 0.2) is 36.4 Å². The fourth-order valence-electron chi connectivity index (χ4n) is 4.59. The van der Waals surface area contributed by atoms with E-state index in [1.54, 1.807) is 13.8 Å². The van der Waals surface area contributed by atoms with Crippen LogP contribution >= 0.6 is 0 Å². The Morgan fingerprint density at radius 3 is 1.90 bits per heavy atom. The fourth-order valence-corrected chi connectivity index (χ4v) is 4.59. The van der Waals surface area contributed by atoms with Crippen molar-refractivity contribution in [2.24, 2.45) is 17.8 Å². The summed E-state index contributed by atoms with van der Waals surface area (Å²) in [5.74, 6) is -4.54. The molecule has 1 N–H and O–H groups in total. The fraction of sp³-hybridized carbons (Fsp3) is 0.367. The van der Waals surface area contributed by atoms with Gasteiger partial charge in [-0.1, -0.05) is 20.8 Å². The van der Waals surface area contributed by atoms with E-state index in [1.807, 2.05) is 6.92 Å². The van der Waals surface area contributed by atoms with E-state index in [9.17, 15) is 36.2 Å². The summed E-state index contributed by atoms with van der Waals surface area (Å²) < 4.78 is 93.1. The molecule has 0 aliphatic carbocycles. The van der Waals surface area contributed by atoms with Gasteiger partial charge in [0.05, 0.1) is 37.4 Å². The summed E-state index contributed by atoms with van der Waals surface area (Å²) in [4.78, 5) is 11.5. The molecule has 220 valence electrons. The highest BCUT2D eigenvalue weighted by Crippen LogP contribution is 2.37. The monoisotopic (exact) mass is 582 g/mol. The molecule has 3 aromatic rings. The van der Waals surface area contributed by atoms with Crippen molar-refractivity contribution in [3.05, 3.63) is 88.0 Å². The zero-order valence-corrected chi connectivity index (χ0v) is 22.4. The molecule has 11 heteroatoms. The Labute approximate surface area is 232 Å². The maximum absolute atomic E-state index is 13.2. The summed E-state index contributed by atoms with van der Waals surface area (Å²) in [5, 5.41) is 9.67. The van der Waals surface area contributed by atoms with Gasteiger partial charge in [0, 0.05) is 35.2 Å². The second-order valence-corrected chi connectivity index (χ2v) is 10.4. The van der Waals surface area contributed by atoms with Gasteiger partial charge in [-0.05, 0) is 30.5 Å². The number of carbonyl (C=O) groups is 1. The Hall–Kier alpha value is -3.73. The lowest BCUT2D eigenvalue weighted by Crippen LogP contribution is -2.26. The summed E-state index contributed by atoms with van der Waals surface area (Å²) >= 11 is 0. The first-order valence-corrected chi connectivity index (χ1v) is 12.9. The van der Waals surface area contributed by atoms with Crippen LogP contribution in [0.3, 0.4) is 0 Å². The van der Waals surface area contributed by atoms with Crippen molar-refractivity contribution in [3.63, 3.8) is 0 Å². The first-order valence-electron chi connectivity index (χ1n) is 12.9. The van der Waals surface area contributed by atoms with Crippen LogP contribution in [0.5, 0.6) is 17.2 Å². The van der Waals surface area contributed by atoms with E-state index in [2.05, 4.69) is 0 Å². The topological polar surface area (TPSA) is 65.0 Å². The maximum Gasteiger partial charge on any atom is 0.173 e. The number of fused-ring (bicyclic) bond motifs is 3. The number of aliphatic hydroxyl groups is 1. The van der Waals surface area contributed by atoms with Crippen molar-refractivity contribution in [2.75, 3.05) is 19.8 Å². The van der Waals surface area contributed by atoms with Gasteiger partial charge in [-0.2, -0.15) is 0 Å². The zero-order valence-electron chi connectivity index (χ0n) is 22.4. The van der Waals surface area contributed by atoms with Gasteiger partial charge in [0.25, 0.3) is 0 Å². The third-order valence-corrected chi connectivity index (χ3v) is 6.75. The lowest BCUT2D eigenvalue weighted by molar-refractivity contribution is 0.0572. The van der Waals surface area contributed by atoms with Gasteiger partial charge in [0.15, 0.2) is 40.5 Å². The molecule has 3 heterocycles. The lowest BCUT2D eigenvalue weighted by atomic mass is 9.94. The minimum atomic E-state index is -0.857. The molecular weight excluding hydrogens is 554 g/mol. The van der Waals surface area contributed by atoms with Gasteiger partial charge in [-0.3, -0.25) is 4.79 Å². The number of ketones is 1. The molecule has 0 spiro atoms. The van der Waals surface area contributed by atoms with Gasteiger partial charge < -0.3 is 19.3 Å². The number of hydrogen-bond acceptors (Lipinski definition) is 5. The average molecular weight is 583 g/mol. The number of halogens is 6. The van der Waals surface area contributed by atoms with Crippen LogP contribution in [-0.2, 0) is 6.42 Å². The quantitative estimate of drug-likeness (QED) is 0.298. The minimum absolute atomic E-state index is 0.00116. The number of aliphatic hydroxyl groups excluding tert-OH is 1. The van der Waals surface area contributed by atoms with Crippen LogP contribution in [-0.4, -0.2) is 30.7 Å². The first kappa shape index (κ1) is 30.2. The van der Waals surface area contributed by atoms with Crippen molar-refractivity contribution in [3.8, 4) is 17.2 Å². The molecule has 6 rings (SSSR count). The van der Waals surface area contributed by atoms with E-state index < -0.39 is 41.0 Å².